The molecule has 3 aromatic rings. The van der Waals surface area contributed by atoms with Crippen LogP contribution in [0.1, 0.15) is 10.6 Å². The van der Waals surface area contributed by atoms with Crippen molar-refractivity contribution < 1.29 is 19.1 Å². The average molecular weight is 268 g/mol. The molecule has 0 aliphatic carbocycles. The van der Waals surface area contributed by atoms with E-state index < -0.39 is 5.97 Å². The van der Waals surface area contributed by atoms with Crippen molar-refractivity contribution in [3.63, 3.8) is 0 Å². The predicted molar refractivity (Wildman–Crippen MR) is 75.2 cm³/mol. The molecule has 0 radical (unpaired) electrons. The number of aromatic carboxylic acids is 1. The quantitative estimate of drug-likeness (QED) is 0.784. The summed E-state index contributed by atoms with van der Waals surface area (Å²) in [5.41, 5.74) is 2.03. The smallest absolute Gasteiger partial charge is 0.372 e. The van der Waals surface area contributed by atoms with Crippen LogP contribution in [0.3, 0.4) is 0 Å². The number of methoxy groups -OCH3 is 1. The number of carboxylic acid groups (broad SMARTS) is 1. The molecule has 0 bridgehead atoms. The fraction of sp³-hybridized carbons (Fsp3) is 0.0625. The van der Waals surface area contributed by atoms with Gasteiger partial charge in [-0.05, 0) is 23.3 Å². The molecule has 3 rings (SSSR count). The van der Waals surface area contributed by atoms with Crippen molar-refractivity contribution in [2.24, 2.45) is 0 Å². The molecule has 0 fully saturated rings. The van der Waals surface area contributed by atoms with Crippen LogP contribution in [-0.4, -0.2) is 18.2 Å². The minimum atomic E-state index is -1.11. The molecule has 1 aromatic heterocycles. The van der Waals surface area contributed by atoms with Gasteiger partial charge in [0, 0.05) is 5.39 Å². The first-order valence-corrected chi connectivity index (χ1v) is 6.10. The first-order valence-electron chi connectivity index (χ1n) is 6.10. The van der Waals surface area contributed by atoms with Crippen LogP contribution in [0.5, 0.6) is 5.95 Å². The van der Waals surface area contributed by atoms with Crippen molar-refractivity contribution in [1.82, 2.24) is 0 Å². The molecule has 0 saturated carbocycles. The van der Waals surface area contributed by atoms with Gasteiger partial charge in [-0.25, -0.2) is 4.79 Å². The van der Waals surface area contributed by atoms with Crippen LogP contribution >= 0.6 is 0 Å². The third-order valence-electron chi connectivity index (χ3n) is 3.17. The summed E-state index contributed by atoms with van der Waals surface area (Å²) in [6.07, 6.45) is 0. The highest BCUT2D eigenvalue weighted by Gasteiger charge is 2.19. The Morgan fingerprint density at radius 1 is 1.05 bits per heavy atom. The molecule has 0 saturated heterocycles. The Hall–Kier alpha value is -2.75. The third kappa shape index (κ3) is 1.91. The monoisotopic (exact) mass is 268 g/mol. The second kappa shape index (κ2) is 4.74. The second-order valence-corrected chi connectivity index (χ2v) is 4.35. The van der Waals surface area contributed by atoms with Crippen molar-refractivity contribution in [2.45, 2.75) is 0 Å². The molecule has 0 amide bonds. The van der Waals surface area contributed by atoms with Gasteiger partial charge in [-0.2, -0.15) is 0 Å². The Morgan fingerprint density at radius 2 is 1.80 bits per heavy atom. The maximum absolute atomic E-state index is 11.1. The van der Waals surface area contributed by atoms with Crippen molar-refractivity contribution >= 4 is 16.7 Å². The lowest BCUT2D eigenvalue weighted by molar-refractivity contribution is 0.0659. The van der Waals surface area contributed by atoms with Gasteiger partial charge in [0.25, 0.3) is 5.95 Å². The highest BCUT2D eigenvalue weighted by atomic mass is 16.6. The number of hydrogen-bond donors (Lipinski definition) is 1. The summed E-state index contributed by atoms with van der Waals surface area (Å²) < 4.78 is 10.4. The molecule has 0 spiro atoms. The molecule has 100 valence electrons. The van der Waals surface area contributed by atoms with Gasteiger partial charge in [-0.3, -0.25) is 0 Å². The van der Waals surface area contributed by atoms with E-state index in [0.717, 1.165) is 11.1 Å². The highest BCUT2D eigenvalue weighted by molar-refractivity contribution is 6.04. The van der Waals surface area contributed by atoms with Crippen molar-refractivity contribution in [3.05, 3.63) is 54.3 Å². The third-order valence-corrected chi connectivity index (χ3v) is 3.17. The van der Waals surface area contributed by atoms with Crippen molar-refractivity contribution in [2.75, 3.05) is 7.11 Å². The van der Waals surface area contributed by atoms with Crippen LogP contribution < -0.4 is 4.74 Å². The Morgan fingerprint density at radius 3 is 2.45 bits per heavy atom. The Labute approximate surface area is 115 Å². The van der Waals surface area contributed by atoms with E-state index in [1.165, 1.54) is 7.11 Å². The number of carboxylic acids is 1. The number of fused-ring (bicyclic) bond motifs is 1. The molecule has 2 aromatic carbocycles. The molecule has 4 heteroatoms. The van der Waals surface area contributed by atoms with Crippen LogP contribution in [0.25, 0.3) is 21.9 Å². The molecule has 20 heavy (non-hydrogen) atoms. The molecule has 0 aliphatic rings. The van der Waals surface area contributed by atoms with Gasteiger partial charge in [-0.1, -0.05) is 36.4 Å². The van der Waals surface area contributed by atoms with E-state index in [4.69, 9.17) is 14.3 Å². The zero-order valence-electron chi connectivity index (χ0n) is 10.8. The summed E-state index contributed by atoms with van der Waals surface area (Å²) in [7, 11) is 1.46. The molecule has 0 aliphatic heterocycles. The molecular formula is C16H12O4. The molecule has 0 unspecified atom stereocenters. The SMILES string of the molecule is COc1oc(C(=O)O)c2ccc(-c3ccccc3)cc12. The number of benzene rings is 2. The van der Waals surface area contributed by atoms with E-state index in [9.17, 15) is 4.79 Å². The minimum Gasteiger partial charge on any atom is -0.475 e. The van der Waals surface area contributed by atoms with Gasteiger partial charge in [-0.15, -0.1) is 0 Å². The van der Waals surface area contributed by atoms with Crippen molar-refractivity contribution in [1.29, 1.82) is 0 Å². The van der Waals surface area contributed by atoms with Gasteiger partial charge in [0.1, 0.15) is 0 Å². The predicted octanol–water partition coefficient (Wildman–Crippen LogP) is 3.81. The van der Waals surface area contributed by atoms with E-state index in [1.807, 2.05) is 42.5 Å². The zero-order chi connectivity index (χ0) is 14.1. The largest absolute Gasteiger partial charge is 0.475 e. The zero-order valence-corrected chi connectivity index (χ0v) is 10.8. The van der Waals surface area contributed by atoms with E-state index >= 15 is 0 Å². The number of furan rings is 1. The summed E-state index contributed by atoms with van der Waals surface area (Å²) in [5, 5.41) is 10.3. The standard InChI is InChI=1S/C16H12O4/c1-19-16-13-9-11(10-5-3-2-4-6-10)7-8-12(13)14(20-16)15(17)18/h2-9H,1H3,(H,17,18). The van der Waals surface area contributed by atoms with E-state index in [-0.39, 0.29) is 11.7 Å². The maximum atomic E-state index is 11.1. The molecular weight excluding hydrogens is 256 g/mol. The van der Waals surface area contributed by atoms with E-state index in [0.29, 0.717) is 10.8 Å². The number of rotatable bonds is 3. The lowest BCUT2D eigenvalue weighted by Crippen LogP contribution is -1.93. The normalized spacial score (nSPS) is 10.7. The Kier molecular flexibility index (Phi) is 2.91. The number of ether oxygens (including phenoxy) is 1. The van der Waals surface area contributed by atoms with Crippen LogP contribution in [-0.2, 0) is 0 Å². The van der Waals surface area contributed by atoms with Crippen molar-refractivity contribution in [3.8, 4) is 17.1 Å². The summed E-state index contributed by atoms with van der Waals surface area (Å²) in [6.45, 7) is 0. The van der Waals surface area contributed by atoms with Crippen LogP contribution in [0.2, 0.25) is 0 Å². The lowest BCUT2D eigenvalue weighted by atomic mass is 10.0. The highest BCUT2D eigenvalue weighted by Crippen LogP contribution is 2.35. The summed E-state index contributed by atoms with van der Waals surface area (Å²) in [6, 6.07) is 15.3. The topological polar surface area (TPSA) is 59.7 Å². The summed E-state index contributed by atoms with van der Waals surface area (Å²) >= 11 is 0. The van der Waals surface area contributed by atoms with Gasteiger partial charge >= 0.3 is 5.97 Å². The average Bonchev–Trinajstić information content (AvgIpc) is 2.86. The molecule has 1 heterocycles. The van der Waals surface area contributed by atoms with Gasteiger partial charge in [0.05, 0.1) is 12.5 Å². The second-order valence-electron chi connectivity index (χ2n) is 4.35. The van der Waals surface area contributed by atoms with Crippen LogP contribution in [0, 0.1) is 0 Å². The Balaban J connectivity index is 2.23. The fourth-order valence-corrected chi connectivity index (χ4v) is 2.23. The summed E-state index contributed by atoms with van der Waals surface area (Å²) in [5.74, 6) is -0.989. The maximum Gasteiger partial charge on any atom is 0.372 e. The number of hydrogen-bond acceptors (Lipinski definition) is 3. The molecule has 1 N–H and O–H groups in total. The van der Waals surface area contributed by atoms with Crippen LogP contribution in [0.4, 0.5) is 0 Å². The first-order chi connectivity index (χ1) is 9.70. The van der Waals surface area contributed by atoms with E-state index in [1.54, 1.807) is 6.07 Å². The van der Waals surface area contributed by atoms with E-state index in [2.05, 4.69) is 0 Å². The molecule has 0 atom stereocenters. The number of carbonyl (C=O) groups is 1. The molecule has 4 nitrogen and oxygen atoms in total. The van der Waals surface area contributed by atoms with Gasteiger partial charge < -0.3 is 14.3 Å². The first kappa shape index (κ1) is 12.3. The lowest BCUT2D eigenvalue weighted by Gasteiger charge is -2.02. The summed E-state index contributed by atoms with van der Waals surface area (Å²) in [4.78, 5) is 11.1. The fourth-order valence-electron chi connectivity index (χ4n) is 2.23. The van der Waals surface area contributed by atoms with Gasteiger partial charge in [0.2, 0.25) is 5.76 Å². The Bertz CT molecular complexity index is 772. The van der Waals surface area contributed by atoms with Gasteiger partial charge in [0.15, 0.2) is 0 Å². The minimum absolute atomic E-state index is 0.100. The van der Waals surface area contributed by atoms with Crippen LogP contribution in [0.15, 0.2) is 52.9 Å².